The van der Waals surface area contributed by atoms with Crippen molar-refractivity contribution < 1.29 is 24.2 Å². The fraction of sp³-hybridized carbons (Fsp3) is 0.643. The monoisotopic (exact) mass is 313 g/mol. The van der Waals surface area contributed by atoms with Crippen molar-refractivity contribution in [3.63, 3.8) is 0 Å². The van der Waals surface area contributed by atoms with E-state index in [9.17, 15) is 14.7 Å². The predicted molar refractivity (Wildman–Crippen MR) is 78.7 cm³/mol. The molecule has 1 rings (SSSR count). The summed E-state index contributed by atoms with van der Waals surface area (Å²) >= 11 is 0. The molecule has 22 heavy (non-hydrogen) atoms. The van der Waals surface area contributed by atoms with Crippen molar-refractivity contribution in [1.29, 1.82) is 0 Å². The molecule has 0 radical (unpaired) electrons. The van der Waals surface area contributed by atoms with Crippen LogP contribution in [0, 0.1) is 0 Å². The molecule has 1 heterocycles. The first-order valence-electron chi connectivity index (χ1n) is 7.06. The molecule has 8 nitrogen and oxygen atoms in total. The highest BCUT2D eigenvalue weighted by molar-refractivity contribution is 5.87. The standard InChI is InChI=1S/C14H23N3O5/c1-6-21-12(19)10-7-11(18)16-17(10)8-9(2)15-13(20)22-14(3,4)5/h7,9H,6,8H2,1-5H3,(H,15,20)(H,16,18)/t9-/m0/s1. The van der Waals surface area contributed by atoms with Crippen molar-refractivity contribution in [2.45, 2.75) is 52.8 Å². The largest absolute Gasteiger partial charge is 0.492 e. The number of alkyl carbamates (subject to hydrolysis) is 1. The van der Waals surface area contributed by atoms with Crippen molar-refractivity contribution in [3.05, 3.63) is 11.8 Å². The molecule has 1 amide bonds. The van der Waals surface area contributed by atoms with Crippen molar-refractivity contribution in [3.8, 4) is 5.88 Å². The van der Waals surface area contributed by atoms with E-state index in [0.29, 0.717) is 0 Å². The van der Waals surface area contributed by atoms with Gasteiger partial charge >= 0.3 is 12.1 Å². The van der Waals surface area contributed by atoms with E-state index >= 15 is 0 Å². The third-order valence-corrected chi connectivity index (χ3v) is 2.46. The fourth-order valence-electron chi connectivity index (χ4n) is 1.73. The lowest BCUT2D eigenvalue weighted by atomic mass is 10.2. The van der Waals surface area contributed by atoms with Gasteiger partial charge in [-0.05, 0) is 34.6 Å². The second-order valence-corrected chi connectivity index (χ2v) is 5.84. The van der Waals surface area contributed by atoms with Gasteiger partial charge in [-0.15, -0.1) is 5.10 Å². The van der Waals surface area contributed by atoms with Crippen LogP contribution in [0.5, 0.6) is 5.88 Å². The van der Waals surface area contributed by atoms with Gasteiger partial charge in [-0.3, -0.25) is 4.68 Å². The van der Waals surface area contributed by atoms with Crippen LogP contribution in [0.15, 0.2) is 6.07 Å². The number of amides is 1. The molecular weight excluding hydrogens is 290 g/mol. The average Bonchev–Trinajstić information content (AvgIpc) is 2.67. The van der Waals surface area contributed by atoms with Crippen LogP contribution in [0.4, 0.5) is 4.79 Å². The number of rotatable bonds is 5. The van der Waals surface area contributed by atoms with Gasteiger partial charge in [0.2, 0.25) is 5.88 Å². The first-order valence-corrected chi connectivity index (χ1v) is 7.06. The third-order valence-electron chi connectivity index (χ3n) is 2.46. The van der Waals surface area contributed by atoms with E-state index in [1.165, 1.54) is 10.7 Å². The van der Waals surface area contributed by atoms with Crippen molar-refractivity contribution in [2.24, 2.45) is 0 Å². The minimum atomic E-state index is -0.593. The molecule has 1 aromatic rings. The van der Waals surface area contributed by atoms with E-state index in [1.807, 2.05) is 0 Å². The molecule has 0 saturated heterocycles. The normalized spacial score (nSPS) is 12.6. The molecule has 8 heteroatoms. The summed E-state index contributed by atoms with van der Waals surface area (Å²) in [4.78, 5) is 23.4. The Balaban J connectivity index is 2.70. The van der Waals surface area contributed by atoms with Gasteiger partial charge in [-0.25, -0.2) is 9.59 Å². The lowest BCUT2D eigenvalue weighted by Crippen LogP contribution is -2.40. The maximum atomic E-state index is 11.8. The van der Waals surface area contributed by atoms with E-state index in [2.05, 4.69) is 10.4 Å². The first-order chi connectivity index (χ1) is 10.1. The third kappa shape index (κ3) is 5.63. The van der Waals surface area contributed by atoms with Crippen LogP contribution in [-0.4, -0.2) is 45.2 Å². The van der Waals surface area contributed by atoms with E-state index in [-0.39, 0.29) is 30.8 Å². The second-order valence-electron chi connectivity index (χ2n) is 5.84. The minimum Gasteiger partial charge on any atom is -0.492 e. The number of carbonyl (C=O) groups excluding carboxylic acids is 2. The topological polar surface area (TPSA) is 103 Å². The van der Waals surface area contributed by atoms with Crippen LogP contribution >= 0.6 is 0 Å². The van der Waals surface area contributed by atoms with E-state index in [0.717, 1.165) is 0 Å². The molecule has 0 saturated carbocycles. The van der Waals surface area contributed by atoms with Gasteiger partial charge in [0.25, 0.3) is 0 Å². The Morgan fingerprint density at radius 3 is 2.64 bits per heavy atom. The van der Waals surface area contributed by atoms with Gasteiger partial charge in [-0.2, -0.15) is 0 Å². The summed E-state index contributed by atoms with van der Waals surface area (Å²) in [6, 6.07) is 0.861. The average molecular weight is 313 g/mol. The smallest absolute Gasteiger partial charge is 0.407 e. The molecule has 2 N–H and O–H groups in total. The Morgan fingerprint density at radius 2 is 2.09 bits per heavy atom. The van der Waals surface area contributed by atoms with E-state index < -0.39 is 17.7 Å². The zero-order chi connectivity index (χ0) is 16.9. The Hall–Kier alpha value is -2.25. The zero-order valence-electron chi connectivity index (χ0n) is 13.5. The van der Waals surface area contributed by atoms with E-state index in [1.54, 1.807) is 34.6 Å². The Morgan fingerprint density at radius 1 is 1.45 bits per heavy atom. The molecular formula is C14H23N3O5. The van der Waals surface area contributed by atoms with E-state index in [4.69, 9.17) is 9.47 Å². The van der Waals surface area contributed by atoms with Crippen LogP contribution in [0.2, 0.25) is 0 Å². The van der Waals surface area contributed by atoms with Crippen LogP contribution in [0.1, 0.15) is 45.1 Å². The molecule has 0 aliphatic heterocycles. The molecule has 0 bridgehead atoms. The molecule has 1 aromatic heterocycles. The van der Waals surface area contributed by atoms with Gasteiger partial charge in [0.15, 0.2) is 0 Å². The van der Waals surface area contributed by atoms with Gasteiger partial charge in [0.1, 0.15) is 11.3 Å². The molecule has 0 aromatic carbocycles. The number of carbonyl (C=O) groups is 2. The number of nitrogens with one attached hydrogen (secondary N) is 1. The number of ether oxygens (including phenoxy) is 2. The lowest BCUT2D eigenvalue weighted by Gasteiger charge is -2.22. The molecule has 0 aliphatic carbocycles. The van der Waals surface area contributed by atoms with Crippen LogP contribution in [-0.2, 0) is 16.0 Å². The van der Waals surface area contributed by atoms with Crippen LogP contribution in [0.25, 0.3) is 0 Å². The molecule has 0 spiro atoms. The highest BCUT2D eigenvalue weighted by atomic mass is 16.6. The predicted octanol–water partition coefficient (Wildman–Crippen LogP) is 1.68. The van der Waals surface area contributed by atoms with Gasteiger partial charge in [0.05, 0.1) is 13.2 Å². The van der Waals surface area contributed by atoms with Crippen LogP contribution in [0.3, 0.4) is 0 Å². The summed E-state index contributed by atoms with van der Waals surface area (Å²) in [5.41, 5.74) is -0.471. The van der Waals surface area contributed by atoms with Gasteiger partial charge in [-0.1, -0.05) is 0 Å². The summed E-state index contributed by atoms with van der Waals surface area (Å²) in [7, 11) is 0. The number of hydrogen-bond donors (Lipinski definition) is 2. The molecule has 0 unspecified atom stereocenters. The molecule has 1 atom stereocenters. The molecule has 124 valence electrons. The number of esters is 1. The van der Waals surface area contributed by atoms with Crippen molar-refractivity contribution in [2.75, 3.05) is 6.61 Å². The summed E-state index contributed by atoms with van der Waals surface area (Å²) in [5.74, 6) is -0.868. The molecule has 0 fully saturated rings. The summed E-state index contributed by atoms with van der Waals surface area (Å²) in [5, 5.41) is 15.9. The summed E-state index contributed by atoms with van der Waals surface area (Å²) in [6.07, 6.45) is -0.561. The Labute approximate surface area is 129 Å². The SMILES string of the molecule is CCOC(=O)c1cc(O)nn1C[C@H](C)NC(=O)OC(C)(C)C. The zero-order valence-corrected chi connectivity index (χ0v) is 13.5. The number of aromatic hydroxyl groups is 1. The van der Waals surface area contributed by atoms with Crippen LogP contribution < -0.4 is 5.32 Å². The Bertz CT molecular complexity index is 533. The summed E-state index contributed by atoms with van der Waals surface area (Å²) in [6.45, 7) is 9.12. The number of aromatic nitrogens is 2. The second kappa shape index (κ2) is 7.15. The highest BCUT2D eigenvalue weighted by Crippen LogP contribution is 2.12. The van der Waals surface area contributed by atoms with Gasteiger partial charge in [0, 0.05) is 12.1 Å². The summed E-state index contributed by atoms with van der Waals surface area (Å²) < 4.78 is 11.3. The van der Waals surface area contributed by atoms with Crippen molar-refractivity contribution in [1.82, 2.24) is 15.1 Å². The quantitative estimate of drug-likeness (QED) is 0.802. The maximum Gasteiger partial charge on any atom is 0.407 e. The molecule has 0 aliphatic rings. The number of hydrogen-bond acceptors (Lipinski definition) is 6. The minimum absolute atomic E-state index is 0.122. The fourth-order valence-corrected chi connectivity index (χ4v) is 1.73. The first kappa shape index (κ1) is 17.8. The highest BCUT2D eigenvalue weighted by Gasteiger charge is 2.21. The van der Waals surface area contributed by atoms with Gasteiger partial charge < -0.3 is 19.9 Å². The Kier molecular flexibility index (Phi) is 5.78. The maximum absolute atomic E-state index is 11.8. The van der Waals surface area contributed by atoms with Crippen molar-refractivity contribution >= 4 is 12.1 Å². The number of nitrogens with zero attached hydrogens (tertiary/aromatic N) is 2. The lowest BCUT2D eigenvalue weighted by molar-refractivity contribution is 0.0501.